The second kappa shape index (κ2) is 5.67. The Bertz CT molecular complexity index is 328. The van der Waals surface area contributed by atoms with Crippen molar-refractivity contribution in [1.82, 2.24) is 0 Å². The lowest BCUT2D eigenvalue weighted by Crippen LogP contribution is -2.53. The normalized spacial score (nSPS) is 39.8. The Morgan fingerprint density at radius 1 is 1.15 bits per heavy atom. The zero-order valence-electron chi connectivity index (χ0n) is 12.6. The second-order valence-corrected chi connectivity index (χ2v) is 7.64. The zero-order chi connectivity index (χ0) is 14.2. The van der Waals surface area contributed by atoms with Gasteiger partial charge in [-0.05, 0) is 69.1 Å². The molecule has 4 aliphatic rings. The summed E-state index contributed by atoms with van der Waals surface area (Å²) in [6, 6.07) is 0. The van der Waals surface area contributed by atoms with E-state index < -0.39 is 0 Å². The number of aliphatic hydroxyl groups excluding tert-OH is 1. The zero-order valence-corrected chi connectivity index (χ0v) is 12.6. The minimum atomic E-state index is -0.100. The van der Waals surface area contributed by atoms with E-state index >= 15 is 0 Å². The molecule has 0 radical (unpaired) electrons. The highest BCUT2D eigenvalue weighted by atomic mass is 16.6. The van der Waals surface area contributed by atoms with Gasteiger partial charge < -0.3 is 9.84 Å². The Hall–Kier alpha value is -0.570. The molecule has 4 rings (SSSR count). The number of unbranched alkanes of at least 4 members (excludes halogenated alkanes) is 1. The molecule has 0 amide bonds. The molecule has 4 aliphatic carbocycles. The molecule has 0 aliphatic heterocycles. The van der Waals surface area contributed by atoms with Crippen LogP contribution in [0.15, 0.2) is 0 Å². The van der Waals surface area contributed by atoms with Crippen molar-refractivity contribution < 1.29 is 14.6 Å². The average molecular weight is 280 g/mol. The van der Waals surface area contributed by atoms with Crippen LogP contribution in [0.1, 0.15) is 64.7 Å². The molecule has 0 saturated heterocycles. The Morgan fingerprint density at radius 3 is 2.20 bits per heavy atom. The van der Waals surface area contributed by atoms with Crippen LogP contribution in [-0.2, 0) is 9.53 Å². The fourth-order valence-corrected chi connectivity index (χ4v) is 5.15. The smallest absolute Gasteiger partial charge is 0.309 e. The number of hydrogen-bond acceptors (Lipinski definition) is 3. The van der Waals surface area contributed by atoms with Gasteiger partial charge in [-0.2, -0.15) is 0 Å². The van der Waals surface area contributed by atoms with E-state index in [1.807, 2.05) is 6.92 Å². The standard InChI is InChI=1S/C17H28O3/c1-12(4-2-3-5-18)16(19)20-17-9-13-6-14(10-17)8-15(7-13)11-17/h12-15,18H,2-11H2,1H3. The number of carbonyl (C=O) groups excluding carboxylic acids is 1. The summed E-state index contributed by atoms with van der Waals surface area (Å²) >= 11 is 0. The lowest BCUT2D eigenvalue weighted by atomic mass is 9.54. The molecule has 20 heavy (non-hydrogen) atoms. The average Bonchev–Trinajstić information content (AvgIpc) is 2.36. The molecule has 1 N–H and O–H groups in total. The first kappa shape index (κ1) is 14.4. The summed E-state index contributed by atoms with van der Waals surface area (Å²) < 4.78 is 6.04. The molecule has 4 saturated carbocycles. The van der Waals surface area contributed by atoms with E-state index in [-0.39, 0.29) is 24.1 Å². The van der Waals surface area contributed by atoms with Crippen LogP contribution in [0.3, 0.4) is 0 Å². The van der Waals surface area contributed by atoms with E-state index in [4.69, 9.17) is 9.84 Å². The van der Waals surface area contributed by atoms with Crippen molar-refractivity contribution in [2.45, 2.75) is 70.3 Å². The summed E-state index contributed by atoms with van der Waals surface area (Å²) in [5.41, 5.74) is -0.100. The van der Waals surface area contributed by atoms with Crippen molar-refractivity contribution in [2.24, 2.45) is 23.7 Å². The van der Waals surface area contributed by atoms with Gasteiger partial charge >= 0.3 is 5.97 Å². The summed E-state index contributed by atoms with van der Waals surface area (Å²) in [6.45, 7) is 2.19. The van der Waals surface area contributed by atoms with Crippen molar-refractivity contribution >= 4 is 5.97 Å². The van der Waals surface area contributed by atoms with Crippen LogP contribution in [-0.4, -0.2) is 23.3 Å². The third-order valence-electron chi connectivity index (χ3n) is 5.75. The topological polar surface area (TPSA) is 46.5 Å². The van der Waals surface area contributed by atoms with Gasteiger partial charge in [0.1, 0.15) is 5.60 Å². The third-order valence-corrected chi connectivity index (χ3v) is 5.75. The maximum absolute atomic E-state index is 12.3. The number of ether oxygens (including phenoxy) is 1. The molecular weight excluding hydrogens is 252 g/mol. The number of hydrogen-bond donors (Lipinski definition) is 1. The highest BCUT2D eigenvalue weighted by molar-refractivity contribution is 5.72. The van der Waals surface area contributed by atoms with Gasteiger partial charge in [-0.3, -0.25) is 4.79 Å². The third kappa shape index (κ3) is 2.88. The Morgan fingerprint density at radius 2 is 1.70 bits per heavy atom. The lowest BCUT2D eigenvalue weighted by Gasteiger charge is -2.55. The van der Waals surface area contributed by atoms with Crippen molar-refractivity contribution in [3.8, 4) is 0 Å². The van der Waals surface area contributed by atoms with Crippen molar-refractivity contribution in [1.29, 1.82) is 0 Å². The van der Waals surface area contributed by atoms with Crippen LogP contribution in [0.5, 0.6) is 0 Å². The first-order valence-electron chi connectivity index (χ1n) is 8.44. The highest BCUT2D eigenvalue weighted by Gasteiger charge is 2.53. The van der Waals surface area contributed by atoms with Crippen LogP contribution >= 0.6 is 0 Å². The monoisotopic (exact) mass is 280 g/mol. The van der Waals surface area contributed by atoms with Crippen LogP contribution < -0.4 is 0 Å². The fourth-order valence-electron chi connectivity index (χ4n) is 5.15. The molecule has 4 bridgehead atoms. The fraction of sp³-hybridized carbons (Fsp3) is 0.941. The molecule has 0 spiro atoms. The van der Waals surface area contributed by atoms with E-state index in [0.29, 0.717) is 0 Å². The van der Waals surface area contributed by atoms with Crippen LogP contribution in [0, 0.1) is 23.7 Å². The molecule has 0 heterocycles. The van der Waals surface area contributed by atoms with Gasteiger partial charge in [0.2, 0.25) is 0 Å². The highest BCUT2D eigenvalue weighted by Crippen LogP contribution is 2.57. The molecule has 114 valence electrons. The first-order valence-corrected chi connectivity index (χ1v) is 8.44. The SMILES string of the molecule is CC(CCCCO)C(=O)OC12CC3CC(CC(C3)C1)C2. The van der Waals surface area contributed by atoms with E-state index in [1.54, 1.807) is 0 Å². The van der Waals surface area contributed by atoms with Crippen LogP contribution in [0.25, 0.3) is 0 Å². The number of carbonyl (C=O) groups is 1. The summed E-state index contributed by atoms with van der Waals surface area (Å²) in [5, 5.41) is 8.81. The molecule has 3 heteroatoms. The minimum Gasteiger partial charge on any atom is -0.459 e. The molecule has 3 nitrogen and oxygen atoms in total. The van der Waals surface area contributed by atoms with Crippen LogP contribution in [0.2, 0.25) is 0 Å². The van der Waals surface area contributed by atoms with E-state index in [2.05, 4.69) is 0 Å². The summed E-state index contributed by atoms with van der Waals surface area (Å²) in [6.07, 6.45) is 10.0. The molecule has 4 fully saturated rings. The number of esters is 1. The van der Waals surface area contributed by atoms with Crippen LogP contribution in [0.4, 0.5) is 0 Å². The van der Waals surface area contributed by atoms with Gasteiger partial charge in [0.25, 0.3) is 0 Å². The predicted molar refractivity (Wildman–Crippen MR) is 77.1 cm³/mol. The second-order valence-electron chi connectivity index (χ2n) is 7.64. The largest absolute Gasteiger partial charge is 0.459 e. The predicted octanol–water partition coefficient (Wildman–Crippen LogP) is 3.30. The van der Waals surface area contributed by atoms with Gasteiger partial charge in [0.15, 0.2) is 0 Å². The molecule has 1 atom stereocenters. The van der Waals surface area contributed by atoms with Gasteiger partial charge in [-0.1, -0.05) is 13.3 Å². The van der Waals surface area contributed by atoms with Gasteiger partial charge in [-0.25, -0.2) is 0 Å². The molecule has 1 unspecified atom stereocenters. The summed E-state index contributed by atoms with van der Waals surface area (Å²) in [7, 11) is 0. The van der Waals surface area contributed by atoms with Gasteiger partial charge in [0, 0.05) is 6.61 Å². The Balaban J connectivity index is 1.55. The van der Waals surface area contributed by atoms with Gasteiger partial charge in [-0.15, -0.1) is 0 Å². The summed E-state index contributed by atoms with van der Waals surface area (Å²) in [5.74, 6) is 2.44. The molecule has 0 aromatic carbocycles. The van der Waals surface area contributed by atoms with E-state index in [1.165, 1.54) is 19.3 Å². The maximum Gasteiger partial charge on any atom is 0.309 e. The Kier molecular flexibility index (Phi) is 4.07. The minimum absolute atomic E-state index is 0.00453. The summed E-state index contributed by atoms with van der Waals surface area (Å²) in [4.78, 5) is 12.3. The van der Waals surface area contributed by atoms with E-state index in [0.717, 1.165) is 56.3 Å². The van der Waals surface area contributed by atoms with Crippen molar-refractivity contribution in [2.75, 3.05) is 6.61 Å². The quantitative estimate of drug-likeness (QED) is 0.600. The maximum atomic E-state index is 12.3. The Labute approximate surface area is 122 Å². The van der Waals surface area contributed by atoms with Crippen molar-refractivity contribution in [3.05, 3.63) is 0 Å². The van der Waals surface area contributed by atoms with E-state index in [9.17, 15) is 4.79 Å². The first-order chi connectivity index (χ1) is 9.60. The molecule has 0 aromatic rings. The number of aliphatic hydroxyl groups is 1. The molecule has 0 aromatic heterocycles. The van der Waals surface area contributed by atoms with Gasteiger partial charge in [0.05, 0.1) is 5.92 Å². The number of rotatable bonds is 6. The van der Waals surface area contributed by atoms with Crippen molar-refractivity contribution in [3.63, 3.8) is 0 Å². The molecular formula is C17H28O3. The lowest BCUT2D eigenvalue weighted by molar-refractivity contribution is -0.190.